The van der Waals surface area contributed by atoms with Gasteiger partial charge in [0.25, 0.3) is 22.0 Å². The van der Waals surface area contributed by atoms with E-state index in [4.69, 9.17) is 27.5 Å². The molecule has 49 heavy (non-hydrogen) atoms. The molecule has 0 aliphatic carbocycles. The van der Waals surface area contributed by atoms with E-state index in [2.05, 4.69) is 19.7 Å². The maximum absolute atomic E-state index is 14.4. The molecule has 0 bridgehead atoms. The van der Waals surface area contributed by atoms with Gasteiger partial charge in [-0.2, -0.15) is 0 Å². The fourth-order valence-corrected chi connectivity index (χ4v) is 6.31. The zero-order chi connectivity index (χ0) is 35.8. The number of hydrogen-bond acceptors (Lipinski definition) is 9. The zero-order valence-electron chi connectivity index (χ0n) is 26.3. The van der Waals surface area contributed by atoms with E-state index in [0.29, 0.717) is 25.0 Å². The van der Waals surface area contributed by atoms with E-state index in [-0.39, 0.29) is 56.6 Å². The number of ether oxygens (including phenoxy) is 1. The summed E-state index contributed by atoms with van der Waals surface area (Å²) in [6.45, 7) is 3.82. The van der Waals surface area contributed by atoms with Crippen LogP contribution >= 0.6 is 11.6 Å². The van der Waals surface area contributed by atoms with Crippen LogP contribution in [0.1, 0.15) is 30.8 Å². The number of pyridine rings is 1. The molecule has 4 aromatic rings. The fourth-order valence-electron chi connectivity index (χ4n) is 5.61. The SMILES string of the molecule is C[C@@H]1CN(c2ccc3c(=O)n(-c4ccc(Cl)c(C(N)=NS(C)(=O)=O)c4NCC(F)F)c(C(=N)Cc4cc(F)cc(F)c4)nc3n2)C[C@H](C)O1. The van der Waals surface area contributed by atoms with Crippen molar-refractivity contribution in [1.29, 1.82) is 5.41 Å². The Bertz CT molecular complexity index is 2120. The molecule has 1 aliphatic rings. The molecule has 3 heterocycles. The normalized spacial score (nSPS) is 17.2. The number of alkyl halides is 2. The van der Waals surface area contributed by atoms with Gasteiger partial charge in [0.1, 0.15) is 23.3 Å². The Balaban J connectivity index is 1.79. The van der Waals surface area contributed by atoms with Crippen LogP contribution < -0.4 is 21.5 Å². The van der Waals surface area contributed by atoms with Crippen LogP contribution in [0.25, 0.3) is 16.7 Å². The lowest BCUT2D eigenvalue weighted by Crippen LogP contribution is -2.45. The zero-order valence-corrected chi connectivity index (χ0v) is 27.9. The molecule has 0 unspecified atom stereocenters. The summed E-state index contributed by atoms with van der Waals surface area (Å²) < 4.78 is 89.4. The van der Waals surface area contributed by atoms with Crippen molar-refractivity contribution in [3.63, 3.8) is 0 Å². The lowest BCUT2D eigenvalue weighted by atomic mass is 10.1. The highest BCUT2D eigenvalue weighted by molar-refractivity contribution is 7.89. The molecule has 18 heteroatoms. The first-order valence-corrected chi connectivity index (χ1v) is 17.0. The second kappa shape index (κ2) is 14.1. The Labute approximate surface area is 283 Å². The van der Waals surface area contributed by atoms with Gasteiger partial charge in [-0.15, -0.1) is 4.40 Å². The van der Waals surface area contributed by atoms with Crippen LogP contribution in [0.15, 0.2) is 51.7 Å². The molecule has 1 fully saturated rings. The summed E-state index contributed by atoms with van der Waals surface area (Å²) in [5, 5.41) is 11.2. The van der Waals surface area contributed by atoms with Gasteiger partial charge < -0.3 is 26.1 Å². The lowest BCUT2D eigenvalue weighted by molar-refractivity contribution is -0.00544. The molecular formula is C31H31ClF4N8O4S. The van der Waals surface area contributed by atoms with Crippen molar-refractivity contribution in [3.05, 3.63) is 86.4 Å². The minimum atomic E-state index is -4.10. The van der Waals surface area contributed by atoms with E-state index in [1.165, 1.54) is 18.2 Å². The molecule has 5 rings (SSSR count). The number of morpholine rings is 1. The first-order valence-electron chi connectivity index (χ1n) is 14.8. The lowest BCUT2D eigenvalue weighted by Gasteiger charge is -2.36. The highest BCUT2D eigenvalue weighted by Gasteiger charge is 2.27. The Morgan fingerprint density at radius 3 is 2.39 bits per heavy atom. The Morgan fingerprint density at radius 1 is 1.12 bits per heavy atom. The number of benzene rings is 2. The van der Waals surface area contributed by atoms with E-state index in [9.17, 15) is 30.8 Å². The Morgan fingerprint density at radius 2 is 1.78 bits per heavy atom. The number of fused-ring (bicyclic) bond motifs is 1. The molecule has 2 atom stereocenters. The van der Waals surface area contributed by atoms with E-state index >= 15 is 0 Å². The number of sulfonamides is 1. The largest absolute Gasteiger partial charge is 0.382 e. The summed E-state index contributed by atoms with van der Waals surface area (Å²) in [5.41, 5.74) is 3.97. The van der Waals surface area contributed by atoms with Gasteiger partial charge in [-0.05, 0) is 55.8 Å². The number of amidine groups is 1. The summed E-state index contributed by atoms with van der Waals surface area (Å²) in [4.78, 5) is 25.5. The predicted molar refractivity (Wildman–Crippen MR) is 179 cm³/mol. The molecule has 1 saturated heterocycles. The first kappa shape index (κ1) is 35.7. The molecule has 1 aliphatic heterocycles. The van der Waals surface area contributed by atoms with E-state index in [1.54, 1.807) is 6.07 Å². The predicted octanol–water partition coefficient (Wildman–Crippen LogP) is 4.28. The Kier molecular flexibility index (Phi) is 10.3. The van der Waals surface area contributed by atoms with Crippen molar-refractivity contribution >= 4 is 55.7 Å². The summed E-state index contributed by atoms with van der Waals surface area (Å²) in [7, 11) is -4.10. The van der Waals surface area contributed by atoms with Crippen LogP contribution in [0.2, 0.25) is 5.02 Å². The van der Waals surface area contributed by atoms with Gasteiger partial charge in [0.15, 0.2) is 11.5 Å². The quantitative estimate of drug-likeness (QED) is 0.123. The molecule has 0 saturated carbocycles. The molecular weight excluding hydrogens is 692 g/mol. The molecule has 0 amide bonds. The van der Waals surface area contributed by atoms with Gasteiger partial charge in [0.05, 0.1) is 58.1 Å². The van der Waals surface area contributed by atoms with Gasteiger partial charge in [0.2, 0.25) is 0 Å². The minimum absolute atomic E-state index is 0.0273. The standard InChI is InChI=1S/C31H31ClF4N8O4S/c1-15-13-43(14-16(2)48-15)25-7-4-20-29(40-25)41-30(22(37)10-17-8-18(33)11-19(34)9-17)44(31(20)45)23-6-5-21(32)26(27(23)39-12-24(35)36)28(38)42-49(3,46)47/h4-9,11,15-16,24,37,39H,10,12-14H2,1-3H3,(H2,38,42)/t15-,16+. The number of rotatable bonds is 10. The van der Waals surface area contributed by atoms with Crippen LogP contribution in [0.5, 0.6) is 0 Å². The smallest absolute Gasteiger partial charge is 0.267 e. The molecule has 2 aromatic carbocycles. The first-order chi connectivity index (χ1) is 23.0. The summed E-state index contributed by atoms with van der Waals surface area (Å²) in [6, 6.07) is 8.27. The average Bonchev–Trinajstić information content (AvgIpc) is 2.98. The topological polar surface area (TPSA) is 169 Å². The molecule has 12 nitrogen and oxygen atoms in total. The highest BCUT2D eigenvalue weighted by atomic mass is 35.5. The number of aromatic nitrogens is 3. The van der Waals surface area contributed by atoms with Gasteiger partial charge in [-0.3, -0.25) is 9.36 Å². The van der Waals surface area contributed by atoms with Crippen LogP contribution in [0.3, 0.4) is 0 Å². The van der Waals surface area contributed by atoms with Crippen molar-refractivity contribution in [2.24, 2.45) is 10.1 Å². The number of anilines is 2. The van der Waals surface area contributed by atoms with Gasteiger partial charge in [-0.25, -0.2) is 35.9 Å². The molecule has 4 N–H and O–H groups in total. The summed E-state index contributed by atoms with van der Waals surface area (Å²) >= 11 is 6.39. The van der Waals surface area contributed by atoms with Gasteiger partial charge in [0, 0.05) is 25.6 Å². The maximum Gasteiger partial charge on any atom is 0.267 e. The highest BCUT2D eigenvalue weighted by Crippen LogP contribution is 2.32. The minimum Gasteiger partial charge on any atom is -0.382 e. The molecule has 0 spiro atoms. The second-order valence-corrected chi connectivity index (χ2v) is 13.6. The third kappa shape index (κ3) is 8.17. The van der Waals surface area contributed by atoms with Crippen molar-refractivity contribution in [3.8, 4) is 5.69 Å². The van der Waals surface area contributed by atoms with Crippen LogP contribution in [-0.4, -0.2) is 79.0 Å². The van der Waals surface area contributed by atoms with Crippen molar-refractivity contribution in [2.75, 3.05) is 36.1 Å². The Hall–Kier alpha value is -4.61. The molecule has 2 aromatic heterocycles. The maximum atomic E-state index is 14.4. The van der Waals surface area contributed by atoms with Gasteiger partial charge >= 0.3 is 0 Å². The number of nitrogens with two attached hydrogens (primary N) is 1. The third-order valence-electron chi connectivity index (χ3n) is 7.36. The van der Waals surface area contributed by atoms with E-state index < -0.39 is 58.2 Å². The van der Waals surface area contributed by atoms with E-state index in [1.807, 2.05) is 18.7 Å². The van der Waals surface area contributed by atoms with Crippen LogP contribution in [0.4, 0.5) is 29.1 Å². The number of nitrogens with one attached hydrogen (secondary N) is 2. The summed E-state index contributed by atoms with van der Waals surface area (Å²) in [5.74, 6) is -2.34. The van der Waals surface area contributed by atoms with Crippen molar-refractivity contribution in [2.45, 2.75) is 38.9 Å². The molecule has 0 radical (unpaired) electrons. The fraction of sp³-hybridized carbons (Fsp3) is 0.323. The third-order valence-corrected chi connectivity index (χ3v) is 8.20. The van der Waals surface area contributed by atoms with Crippen molar-refractivity contribution in [1.82, 2.24) is 14.5 Å². The second-order valence-electron chi connectivity index (χ2n) is 11.5. The number of halogens is 5. The van der Waals surface area contributed by atoms with Gasteiger partial charge in [-0.1, -0.05) is 11.6 Å². The average molecular weight is 723 g/mol. The van der Waals surface area contributed by atoms with Crippen LogP contribution in [-0.2, 0) is 21.2 Å². The van der Waals surface area contributed by atoms with E-state index in [0.717, 1.165) is 23.0 Å². The molecule has 260 valence electrons. The van der Waals surface area contributed by atoms with Crippen LogP contribution in [0, 0.1) is 17.0 Å². The number of nitrogens with zero attached hydrogens (tertiary/aromatic N) is 5. The van der Waals surface area contributed by atoms with Crippen molar-refractivity contribution < 1.29 is 30.7 Å². The monoisotopic (exact) mass is 722 g/mol. The number of hydrogen-bond donors (Lipinski definition) is 3. The summed E-state index contributed by atoms with van der Waals surface area (Å²) in [6.07, 6.45) is -2.81.